The summed E-state index contributed by atoms with van der Waals surface area (Å²) in [5.41, 5.74) is 5.41. The number of methoxy groups -OCH3 is 1. The summed E-state index contributed by atoms with van der Waals surface area (Å²) in [6.45, 7) is 2.43. The van der Waals surface area contributed by atoms with Crippen LogP contribution in [-0.4, -0.2) is 63.7 Å². The van der Waals surface area contributed by atoms with Crippen molar-refractivity contribution in [3.63, 3.8) is 0 Å². The molecule has 0 unspecified atom stereocenters. The highest BCUT2D eigenvalue weighted by Crippen LogP contribution is 1.95. The highest BCUT2D eigenvalue weighted by atomic mass is 32.2. The summed E-state index contributed by atoms with van der Waals surface area (Å²) < 4.78 is 27.0. The van der Waals surface area contributed by atoms with E-state index >= 15 is 0 Å². The first-order valence-electron chi connectivity index (χ1n) is 5.02. The van der Waals surface area contributed by atoms with Gasteiger partial charge in [-0.3, -0.25) is 4.90 Å². The van der Waals surface area contributed by atoms with Gasteiger partial charge in [0.1, 0.15) is 9.84 Å². The number of thiocarbonyl (C=S) groups is 1. The maximum Gasteiger partial charge on any atom is 0.148 e. The standard InChI is InChI=1S/C9H20N2O3S2/c1-14-7-5-11(4-3-9(10)15)6-8-16(2,12)13/h3-8H2,1-2H3,(H2,10,15). The van der Waals surface area contributed by atoms with Crippen LogP contribution in [0.3, 0.4) is 0 Å². The highest BCUT2D eigenvalue weighted by molar-refractivity contribution is 7.90. The molecule has 0 heterocycles. The number of sulfone groups is 1. The van der Waals surface area contributed by atoms with E-state index in [1.807, 2.05) is 4.90 Å². The van der Waals surface area contributed by atoms with Crippen LogP contribution in [0.5, 0.6) is 0 Å². The smallest absolute Gasteiger partial charge is 0.148 e. The molecule has 0 aliphatic rings. The summed E-state index contributed by atoms with van der Waals surface area (Å²) in [5, 5.41) is 0. The first-order chi connectivity index (χ1) is 7.35. The van der Waals surface area contributed by atoms with Gasteiger partial charge in [-0.15, -0.1) is 0 Å². The normalized spacial score (nSPS) is 11.9. The molecule has 0 saturated carbocycles. The molecule has 0 saturated heterocycles. The second-order valence-electron chi connectivity index (χ2n) is 3.68. The van der Waals surface area contributed by atoms with Crippen molar-refractivity contribution in [2.75, 3.05) is 45.4 Å². The van der Waals surface area contributed by atoms with E-state index in [2.05, 4.69) is 0 Å². The molecule has 7 heteroatoms. The van der Waals surface area contributed by atoms with E-state index in [4.69, 9.17) is 22.7 Å². The van der Waals surface area contributed by atoms with Gasteiger partial charge >= 0.3 is 0 Å². The molecular weight excluding hydrogens is 248 g/mol. The Labute approximate surface area is 103 Å². The van der Waals surface area contributed by atoms with Crippen molar-refractivity contribution in [3.8, 4) is 0 Å². The lowest BCUT2D eigenvalue weighted by Crippen LogP contribution is -2.34. The van der Waals surface area contributed by atoms with Gasteiger partial charge < -0.3 is 10.5 Å². The van der Waals surface area contributed by atoms with E-state index in [0.29, 0.717) is 37.7 Å². The average Bonchev–Trinajstić information content (AvgIpc) is 2.15. The van der Waals surface area contributed by atoms with Crippen molar-refractivity contribution in [2.24, 2.45) is 5.73 Å². The van der Waals surface area contributed by atoms with Crippen LogP contribution in [0.25, 0.3) is 0 Å². The van der Waals surface area contributed by atoms with Gasteiger partial charge in [-0.05, 0) is 0 Å². The highest BCUT2D eigenvalue weighted by Gasteiger charge is 2.09. The van der Waals surface area contributed by atoms with Crippen molar-refractivity contribution in [1.82, 2.24) is 4.90 Å². The van der Waals surface area contributed by atoms with E-state index in [0.717, 1.165) is 0 Å². The molecule has 16 heavy (non-hydrogen) atoms. The van der Waals surface area contributed by atoms with Crippen molar-refractivity contribution in [1.29, 1.82) is 0 Å². The number of rotatable bonds is 9. The Morgan fingerprint density at radius 1 is 1.38 bits per heavy atom. The van der Waals surface area contributed by atoms with Crippen LogP contribution < -0.4 is 5.73 Å². The molecule has 2 N–H and O–H groups in total. The van der Waals surface area contributed by atoms with E-state index < -0.39 is 9.84 Å². The predicted molar refractivity (Wildman–Crippen MR) is 69.4 cm³/mol. The molecule has 0 aliphatic carbocycles. The summed E-state index contributed by atoms with van der Waals surface area (Å²) in [6.07, 6.45) is 1.83. The third kappa shape index (κ3) is 10.3. The zero-order valence-electron chi connectivity index (χ0n) is 9.81. The molecule has 0 aromatic heterocycles. The molecule has 0 rings (SSSR count). The molecule has 0 fully saturated rings. The average molecular weight is 268 g/mol. The van der Waals surface area contributed by atoms with Crippen molar-refractivity contribution >= 4 is 27.0 Å². The Kier molecular flexibility index (Phi) is 7.82. The van der Waals surface area contributed by atoms with Crippen LogP contribution in [-0.2, 0) is 14.6 Å². The van der Waals surface area contributed by atoms with Gasteiger partial charge in [0, 0.05) is 39.4 Å². The molecule has 0 aliphatic heterocycles. The van der Waals surface area contributed by atoms with E-state index in [1.165, 1.54) is 6.26 Å². The van der Waals surface area contributed by atoms with Crippen molar-refractivity contribution in [2.45, 2.75) is 6.42 Å². The first kappa shape index (κ1) is 15.8. The lowest BCUT2D eigenvalue weighted by Gasteiger charge is -2.21. The fourth-order valence-electron chi connectivity index (χ4n) is 1.12. The zero-order valence-corrected chi connectivity index (χ0v) is 11.4. The molecular formula is C9H20N2O3S2. The van der Waals surface area contributed by atoms with Crippen LogP contribution in [0.1, 0.15) is 6.42 Å². The van der Waals surface area contributed by atoms with Crippen molar-refractivity contribution < 1.29 is 13.2 Å². The van der Waals surface area contributed by atoms with Gasteiger partial charge in [0.2, 0.25) is 0 Å². The Morgan fingerprint density at radius 3 is 2.44 bits per heavy atom. The summed E-state index contributed by atoms with van der Waals surface area (Å²) in [5.74, 6) is 0.147. The fraction of sp³-hybridized carbons (Fsp3) is 0.889. The van der Waals surface area contributed by atoms with Gasteiger partial charge in [0.15, 0.2) is 0 Å². The lowest BCUT2D eigenvalue weighted by molar-refractivity contribution is 0.153. The maximum absolute atomic E-state index is 11.0. The van der Waals surface area contributed by atoms with Gasteiger partial charge in [-0.2, -0.15) is 0 Å². The third-order valence-electron chi connectivity index (χ3n) is 2.06. The van der Waals surface area contributed by atoms with Crippen molar-refractivity contribution in [3.05, 3.63) is 0 Å². The molecule has 0 aromatic rings. The predicted octanol–water partition coefficient (Wildman–Crippen LogP) is -0.344. The minimum absolute atomic E-state index is 0.147. The molecule has 0 bridgehead atoms. The maximum atomic E-state index is 11.0. The topological polar surface area (TPSA) is 72.6 Å². The number of hydrogen-bond acceptors (Lipinski definition) is 5. The second-order valence-corrected chi connectivity index (χ2v) is 6.46. The third-order valence-corrected chi connectivity index (χ3v) is 3.19. The van der Waals surface area contributed by atoms with Gasteiger partial charge in [0.05, 0.1) is 17.3 Å². The SMILES string of the molecule is COCCN(CCC(N)=S)CCS(C)(=O)=O. The molecule has 96 valence electrons. The van der Waals surface area contributed by atoms with E-state index in [9.17, 15) is 8.42 Å². The van der Waals surface area contributed by atoms with Crippen LogP contribution >= 0.6 is 12.2 Å². The largest absolute Gasteiger partial charge is 0.393 e. The van der Waals surface area contributed by atoms with Gasteiger partial charge in [-0.25, -0.2) is 8.42 Å². The Balaban J connectivity index is 4.04. The van der Waals surface area contributed by atoms with E-state index in [1.54, 1.807) is 7.11 Å². The minimum atomic E-state index is -2.93. The number of hydrogen-bond donors (Lipinski definition) is 1. The molecule has 5 nitrogen and oxygen atoms in total. The first-order valence-corrected chi connectivity index (χ1v) is 7.49. The minimum Gasteiger partial charge on any atom is -0.393 e. The molecule has 0 aromatic carbocycles. The van der Waals surface area contributed by atoms with Crippen LogP contribution in [0.4, 0.5) is 0 Å². The van der Waals surface area contributed by atoms with Crippen LogP contribution in [0.2, 0.25) is 0 Å². The lowest BCUT2D eigenvalue weighted by atomic mass is 10.3. The summed E-state index contributed by atoms with van der Waals surface area (Å²) in [6, 6.07) is 0. The Hall–Kier alpha value is -0.240. The Morgan fingerprint density at radius 2 is 2.00 bits per heavy atom. The summed E-state index contributed by atoms with van der Waals surface area (Å²) in [4.78, 5) is 2.44. The van der Waals surface area contributed by atoms with E-state index in [-0.39, 0.29) is 5.75 Å². The summed E-state index contributed by atoms with van der Waals surface area (Å²) >= 11 is 4.79. The molecule has 0 radical (unpaired) electrons. The number of ether oxygens (including phenoxy) is 1. The number of nitrogens with zero attached hydrogens (tertiary/aromatic N) is 1. The number of nitrogens with two attached hydrogens (primary N) is 1. The monoisotopic (exact) mass is 268 g/mol. The van der Waals surface area contributed by atoms with Gasteiger partial charge in [-0.1, -0.05) is 12.2 Å². The fourth-order valence-corrected chi connectivity index (χ4v) is 1.80. The van der Waals surface area contributed by atoms with Crippen LogP contribution in [0.15, 0.2) is 0 Å². The second kappa shape index (κ2) is 7.94. The molecule has 0 atom stereocenters. The molecule has 0 spiro atoms. The quantitative estimate of drug-likeness (QED) is 0.577. The Bertz CT molecular complexity index is 304. The zero-order chi connectivity index (χ0) is 12.6. The summed E-state index contributed by atoms with van der Waals surface area (Å²) in [7, 11) is -1.32. The van der Waals surface area contributed by atoms with Gasteiger partial charge in [0.25, 0.3) is 0 Å². The molecule has 0 amide bonds. The van der Waals surface area contributed by atoms with Crippen LogP contribution in [0, 0.1) is 0 Å².